The summed E-state index contributed by atoms with van der Waals surface area (Å²) in [5.41, 5.74) is 7.06. The summed E-state index contributed by atoms with van der Waals surface area (Å²) in [5.74, 6) is 0. The molecular formula is C9H10N2O2. The van der Waals surface area contributed by atoms with Crippen molar-refractivity contribution >= 4 is 11.3 Å². The van der Waals surface area contributed by atoms with Gasteiger partial charge in [0.25, 0.3) is 5.69 Å². The molecule has 0 fully saturated rings. The Morgan fingerprint density at radius 2 is 2.00 bits per heavy atom. The second-order valence-electron chi connectivity index (χ2n) is 2.61. The Morgan fingerprint density at radius 1 is 1.46 bits per heavy atom. The minimum atomic E-state index is -0.436. The van der Waals surface area contributed by atoms with Crippen LogP contribution in [0.15, 0.2) is 30.8 Å². The number of nitro groups is 1. The van der Waals surface area contributed by atoms with Crippen molar-refractivity contribution in [1.82, 2.24) is 0 Å². The SMILES string of the molecule is C=C(CN)c1ccc([N+](=O)[O-])cc1. The van der Waals surface area contributed by atoms with E-state index in [1.807, 2.05) is 0 Å². The van der Waals surface area contributed by atoms with Gasteiger partial charge in [-0.15, -0.1) is 0 Å². The van der Waals surface area contributed by atoms with Crippen molar-refractivity contribution in [2.24, 2.45) is 5.73 Å². The zero-order chi connectivity index (χ0) is 9.84. The Hall–Kier alpha value is -1.68. The molecule has 0 heterocycles. The zero-order valence-electron chi connectivity index (χ0n) is 7.06. The smallest absolute Gasteiger partial charge is 0.269 e. The number of hydrogen-bond donors (Lipinski definition) is 1. The van der Waals surface area contributed by atoms with E-state index in [0.29, 0.717) is 6.54 Å². The summed E-state index contributed by atoms with van der Waals surface area (Å²) in [6, 6.07) is 6.17. The van der Waals surface area contributed by atoms with Crippen molar-refractivity contribution in [3.8, 4) is 0 Å². The first kappa shape index (κ1) is 9.41. The Labute approximate surface area is 75.8 Å². The van der Waals surface area contributed by atoms with Crippen LogP contribution in [0.5, 0.6) is 0 Å². The fourth-order valence-electron chi connectivity index (χ4n) is 0.937. The molecular weight excluding hydrogens is 168 g/mol. The Kier molecular flexibility index (Phi) is 2.76. The van der Waals surface area contributed by atoms with E-state index in [0.717, 1.165) is 11.1 Å². The molecule has 0 saturated heterocycles. The highest BCUT2D eigenvalue weighted by Gasteiger charge is 2.04. The molecule has 0 saturated carbocycles. The first-order valence-electron chi connectivity index (χ1n) is 3.78. The van der Waals surface area contributed by atoms with E-state index in [2.05, 4.69) is 6.58 Å². The minimum absolute atomic E-state index is 0.0774. The van der Waals surface area contributed by atoms with E-state index < -0.39 is 4.92 Å². The fourth-order valence-corrected chi connectivity index (χ4v) is 0.937. The van der Waals surface area contributed by atoms with Gasteiger partial charge in [-0.1, -0.05) is 6.58 Å². The molecule has 0 aliphatic heterocycles. The maximum absolute atomic E-state index is 10.3. The van der Waals surface area contributed by atoms with Crippen molar-refractivity contribution < 1.29 is 4.92 Å². The van der Waals surface area contributed by atoms with Crippen molar-refractivity contribution in [2.45, 2.75) is 0 Å². The lowest BCUT2D eigenvalue weighted by molar-refractivity contribution is -0.384. The molecule has 2 N–H and O–H groups in total. The molecule has 4 heteroatoms. The molecule has 0 aromatic heterocycles. The molecule has 1 rings (SSSR count). The fraction of sp³-hybridized carbons (Fsp3) is 0.111. The van der Waals surface area contributed by atoms with Crippen LogP contribution in [0.1, 0.15) is 5.56 Å². The van der Waals surface area contributed by atoms with Gasteiger partial charge in [-0.2, -0.15) is 0 Å². The maximum Gasteiger partial charge on any atom is 0.269 e. The van der Waals surface area contributed by atoms with E-state index in [4.69, 9.17) is 5.73 Å². The van der Waals surface area contributed by atoms with Crippen LogP contribution in [0.25, 0.3) is 5.57 Å². The predicted octanol–water partition coefficient (Wildman–Crippen LogP) is 1.57. The highest BCUT2D eigenvalue weighted by Crippen LogP contribution is 2.16. The Bertz CT molecular complexity index is 330. The second-order valence-corrected chi connectivity index (χ2v) is 2.61. The first-order valence-corrected chi connectivity index (χ1v) is 3.78. The minimum Gasteiger partial charge on any atom is -0.326 e. The Balaban J connectivity index is 2.93. The van der Waals surface area contributed by atoms with Gasteiger partial charge in [0.15, 0.2) is 0 Å². The summed E-state index contributed by atoms with van der Waals surface area (Å²) in [7, 11) is 0. The molecule has 1 aromatic carbocycles. The number of hydrogen-bond acceptors (Lipinski definition) is 3. The average molecular weight is 178 g/mol. The maximum atomic E-state index is 10.3. The number of nitrogens with zero attached hydrogens (tertiary/aromatic N) is 1. The normalized spacial score (nSPS) is 9.62. The van der Waals surface area contributed by atoms with Gasteiger partial charge < -0.3 is 5.73 Å². The standard InChI is InChI=1S/C9H10N2O2/c1-7(6-10)8-2-4-9(5-3-8)11(12)13/h2-5H,1,6,10H2. The van der Waals surface area contributed by atoms with E-state index in [9.17, 15) is 10.1 Å². The molecule has 0 bridgehead atoms. The van der Waals surface area contributed by atoms with Crippen LogP contribution in [0, 0.1) is 10.1 Å². The van der Waals surface area contributed by atoms with Crippen molar-refractivity contribution in [3.05, 3.63) is 46.5 Å². The molecule has 13 heavy (non-hydrogen) atoms. The van der Waals surface area contributed by atoms with E-state index >= 15 is 0 Å². The Morgan fingerprint density at radius 3 is 2.38 bits per heavy atom. The molecule has 1 aromatic rings. The van der Waals surface area contributed by atoms with Crippen LogP contribution in [-0.2, 0) is 0 Å². The number of non-ortho nitro benzene ring substituents is 1. The summed E-state index contributed by atoms with van der Waals surface area (Å²) in [6.07, 6.45) is 0. The average Bonchev–Trinajstić information content (AvgIpc) is 2.17. The highest BCUT2D eigenvalue weighted by molar-refractivity contribution is 5.65. The van der Waals surface area contributed by atoms with Crippen LogP contribution in [0.2, 0.25) is 0 Å². The van der Waals surface area contributed by atoms with Gasteiger partial charge in [-0.3, -0.25) is 10.1 Å². The second kappa shape index (κ2) is 3.82. The molecule has 0 amide bonds. The van der Waals surface area contributed by atoms with Gasteiger partial charge in [0.05, 0.1) is 4.92 Å². The van der Waals surface area contributed by atoms with E-state index in [1.165, 1.54) is 12.1 Å². The van der Waals surface area contributed by atoms with Crippen LogP contribution >= 0.6 is 0 Å². The monoisotopic (exact) mass is 178 g/mol. The first-order chi connectivity index (χ1) is 6.15. The lowest BCUT2D eigenvalue weighted by Gasteiger charge is -2.00. The number of nitrogens with two attached hydrogens (primary N) is 1. The summed E-state index contributed by atoms with van der Waals surface area (Å²) in [6.45, 7) is 4.08. The quantitative estimate of drug-likeness (QED) is 0.564. The third kappa shape index (κ3) is 2.13. The van der Waals surface area contributed by atoms with Crippen molar-refractivity contribution in [3.63, 3.8) is 0 Å². The number of nitro benzene ring substituents is 1. The third-order valence-corrected chi connectivity index (χ3v) is 1.73. The molecule has 0 spiro atoms. The predicted molar refractivity (Wildman–Crippen MR) is 51.2 cm³/mol. The summed E-state index contributed by atoms with van der Waals surface area (Å²) >= 11 is 0. The van der Waals surface area contributed by atoms with Crippen LogP contribution in [0.4, 0.5) is 5.69 Å². The van der Waals surface area contributed by atoms with Crippen LogP contribution < -0.4 is 5.73 Å². The van der Waals surface area contributed by atoms with Crippen molar-refractivity contribution in [2.75, 3.05) is 6.54 Å². The summed E-state index contributed by atoms with van der Waals surface area (Å²) in [5, 5.41) is 10.3. The van der Waals surface area contributed by atoms with Gasteiger partial charge in [0.2, 0.25) is 0 Å². The molecule has 0 aliphatic carbocycles. The molecule has 0 radical (unpaired) electrons. The summed E-state index contributed by atoms with van der Waals surface area (Å²) in [4.78, 5) is 9.87. The number of benzene rings is 1. The van der Waals surface area contributed by atoms with Gasteiger partial charge in [-0.05, 0) is 23.3 Å². The largest absolute Gasteiger partial charge is 0.326 e. The molecule has 68 valence electrons. The topological polar surface area (TPSA) is 69.2 Å². The lowest BCUT2D eigenvalue weighted by atomic mass is 10.1. The van der Waals surface area contributed by atoms with E-state index in [-0.39, 0.29) is 5.69 Å². The van der Waals surface area contributed by atoms with Crippen molar-refractivity contribution in [1.29, 1.82) is 0 Å². The van der Waals surface area contributed by atoms with Crippen LogP contribution in [-0.4, -0.2) is 11.5 Å². The lowest BCUT2D eigenvalue weighted by Crippen LogP contribution is -2.00. The molecule has 0 atom stereocenters. The zero-order valence-corrected chi connectivity index (χ0v) is 7.06. The van der Waals surface area contributed by atoms with Gasteiger partial charge >= 0.3 is 0 Å². The highest BCUT2D eigenvalue weighted by atomic mass is 16.6. The van der Waals surface area contributed by atoms with Gasteiger partial charge in [0, 0.05) is 18.7 Å². The molecule has 0 aliphatic rings. The molecule has 0 unspecified atom stereocenters. The molecule has 4 nitrogen and oxygen atoms in total. The third-order valence-electron chi connectivity index (χ3n) is 1.73. The van der Waals surface area contributed by atoms with Gasteiger partial charge in [0.1, 0.15) is 0 Å². The summed E-state index contributed by atoms with van der Waals surface area (Å²) < 4.78 is 0. The van der Waals surface area contributed by atoms with Crippen LogP contribution in [0.3, 0.4) is 0 Å². The van der Waals surface area contributed by atoms with E-state index in [1.54, 1.807) is 12.1 Å². The number of rotatable bonds is 3. The van der Waals surface area contributed by atoms with Gasteiger partial charge in [-0.25, -0.2) is 0 Å².